The first-order valence-electron chi connectivity index (χ1n) is 6.31. The molecule has 0 radical (unpaired) electrons. The fourth-order valence-corrected chi connectivity index (χ4v) is 2.55. The lowest BCUT2D eigenvalue weighted by atomic mass is 10.1. The summed E-state index contributed by atoms with van der Waals surface area (Å²) in [6, 6.07) is 10.2. The normalized spacial score (nSPS) is 11.6. The molecule has 0 N–H and O–H groups in total. The zero-order chi connectivity index (χ0) is 14.8. The van der Waals surface area contributed by atoms with Crippen LogP contribution in [0.5, 0.6) is 11.6 Å². The number of pyridine rings is 1. The minimum atomic E-state index is -3.33. The van der Waals surface area contributed by atoms with Gasteiger partial charge in [0.25, 0.3) is 0 Å². The van der Waals surface area contributed by atoms with Crippen molar-refractivity contribution >= 4 is 9.84 Å². The Morgan fingerprint density at radius 3 is 2.35 bits per heavy atom. The van der Waals surface area contributed by atoms with Crippen molar-refractivity contribution in [3.8, 4) is 11.6 Å². The van der Waals surface area contributed by atoms with Crippen LogP contribution in [-0.2, 0) is 9.84 Å². The molecule has 0 fully saturated rings. The predicted octanol–water partition coefficient (Wildman–Crippen LogP) is 3.40. The van der Waals surface area contributed by atoms with Crippen LogP contribution >= 0.6 is 0 Å². The Kier molecular flexibility index (Phi) is 4.09. The van der Waals surface area contributed by atoms with Crippen LogP contribution < -0.4 is 4.74 Å². The molecule has 4 nitrogen and oxygen atoms in total. The third kappa shape index (κ3) is 3.36. The summed E-state index contributed by atoms with van der Waals surface area (Å²) in [5, 5.41) is 0. The van der Waals surface area contributed by atoms with E-state index < -0.39 is 9.84 Å². The molecule has 0 atom stereocenters. The highest BCUT2D eigenvalue weighted by Crippen LogP contribution is 2.28. The Morgan fingerprint density at radius 2 is 1.80 bits per heavy atom. The molecule has 0 amide bonds. The maximum absolute atomic E-state index is 11.7. The highest BCUT2D eigenvalue weighted by molar-refractivity contribution is 7.90. The zero-order valence-corrected chi connectivity index (χ0v) is 12.5. The molecule has 0 saturated carbocycles. The van der Waals surface area contributed by atoms with E-state index in [-0.39, 0.29) is 4.90 Å². The quantitative estimate of drug-likeness (QED) is 0.866. The first-order chi connectivity index (χ1) is 9.38. The molecule has 0 unspecified atom stereocenters. The van der Waals surface area contributed by atoms with Crippen molar-refractivity contribution in [3.63, 3.8) is 0 Å². The second-order valence-electron chi connectivity index (χ2n) is 4.91. The predicted molar refractivity (Wildman–Crippen MR) is 78.0 cm³/mol. The Hall–Kier alpha value is -1.88. The third-order valence-electron chi connectivity index (χ3n) is 2.89. The molecule has 1 aromatic heterocycles. The number of hydrogen-bond donors (Lipinski definition) is 0. The van der Waals surface area contributed by atoms with Crippen LogP contribution in [0, 0.1) is 0 Å². The van der Waals surface area contributed by atoms with E-state index in [4.69, 9.17) is 4.74 Å². The molecule has 1 heterocycles. The summed E-state index contributed by atoms with van der Waals surface area (Å²) in [6.45, 7) is 4.16. The van der Waals surface area contributed by atoms with Crippen LogP contribution in [0.1, 0.15) is 25.3 Å². The maximum Gasteiger partial charge on any atom is 0.219 e. The first-order valence-corrected chi connectivity index (χ1v) is 8.20. The van der Waals surface area contributed by atoms with Gasteiger partial charge in [0.2, 0.25) is 5.88 Å². The van der Waals surface area contributed by atoms with E-state index in [9.17, 15) is 8.42 Å². The number of nitrogens with zero attached hydrogens (tertiary/aromatic N) is 1. The summed E-state index contributed by atoms with van der Waals surface area (Å²) in [4.78, 5) is 4.36. The lowest BCUT2D eigenvalue weighted by Crippen LogP contribution is -2.00. The summed E-state index contributed by atoms with van der Waals surface area (Å²) >= 11 is 0. The van der Waals surface area contributed by atoms with Crippen molar-refractivity contribution < 1.29 is 13.2 Å². The van der Waals surface area contributed by atoms with Gasteiger partial charge in [-0.05, 0) is 23.6 Å². The molecule has 20 heavy (non-hydrogen) atoms. The second kappa shape index (κ2) is 5.63. The van der Waals surface area contributed by atoms with Crippen molar-refractivity contribution in [2.24, 2.45) is 0 Å². The standard InChI is InChI=1S/C15H17NO3S/c1-11(2)12-8-9-15(16-10-12)19-13-6-4-5-7-14(13)20(3,17)18/h4-11H,1-3H3. The molecule has 5 heteroatoms. The number of para-hydroxylation sites is 1. The topological polar surface area (TPSA) is 56.3 Å². The Bertz CT molecular complexity index is 691. The van der Waals surface area contributed by atoms with Crippen molar-refractivity contribution in [2.45, 2.75) is 24.7 Å². The van der Waals surface area contributed by atoms with Crippen molar-refractivity contribution in [2.75, 3.05) is 6.26 Å². The maximum atomic E-state index is 11.7. The summed E-state index contributed by atoms with van der Waals surface area (Å²) in [7, 11) is -3.33. The average molecular weight is 291 g/mol. The summed E-state index contributed by atoms with van der Waals surface area (Å²) in [6.07, 6.45) is 2.90. The molecule has 1 aromatic carbocycles. The van der Waals surface area contributed by atoms with Gasteiger partial charge in [-0.15, -0.1) is 0 Å². The number of rotatable bonds is 4. The lowest BCUT2D eigenvalue weighted by Gasteiger charge is -2.10. The Labute approximate surface area is 119 Å². The number of aromatic nitrogens is 1. The smallest absolute Gasteiger partial charge is 0.219 e. The van der Waals surface area contributed by atoms with E-state index in [1.807, 2.05) is 6.07 Å². The van der Waals surface area contributed by atoms with Gasteiger partial charge < -0.3 is 4.74 Å². The lowest BCUT2D eigenvalue weighted by molar-refractivity contribution is 0.449. The van der Waals surface area contributed by atoms with Gasteiger partial charge in [0.1, 0.15) is 10.6 Å². The molecule has 0 saturated heterocycles. The summed E-state index contributed by atoms with van der Waals surface area (Å²) < 4.78 is 29.0. The van der Waals surface area contributed by atoms with E-state index in [1.165, 1.54) is 6.07 Å². The number of sulfone groups is 1. The van der Waals surface area contributed by atoms with E-state index in [0.29, 0.717) is 17.5 Å². The summed E-state index contributed by atoms with van der Waals surface area (Å²) in [5.41, 5.74) is 1.11. The molecule has 0 aliphatic carbocycles. The van der Waals surface area contributed by atoms with Crippen LogP contribution in [0.25, 0.3) is 0 Å². The fourth-order valence-electron chi connectivity index (χ4n) is 1.75. The number of hydrogen-bond acceptors (Lipinski definition) is 4. The zero-order valence-electron chi connectivity index (χ0n) is 11.7. The van der Waals surface area contributed by atoms with Gasteiger partial charge in [-0.1, -0.05) is 32.0 Å². The van der Waals surface area contributed by atoms with Crippen LogP contribution in [-0.4, -0.2) is 19.7 Å². The molecule has 0 aliphatic heterocycles. The van der Waals surface area contributed by atoms with Crippen molar-refractivity contribution in [1.29, 1.82) is 0 Å². The highest BCUT2D eigenvalue weighted by atomic mass is 32.2. The van der Waals surface area contributed by atoms with E-state index in [1.54, 1.807) is 30.5 Å². The first kappa shape index (κ1) is 14.5. The number of ether oxygens (including phenoxy) is 1. The average Bonchev–Trinajstić information content (AvgIpc) is 2.38. The van der Waals surface area contributed by atoms with Gasteiger partial charge in [0, 0.05) is 18.5 Å². The Balaban J connectivity index is 2.31. The number of benzene rings is 1. The van der Waals surface area contributed by atoms with Gasteiger partial charge in [0.05, 0.1) is 0 Å². The van der Waals surface area contributed by atoms with E-state index >= 15 is 0 Å². The van der Waals surface area contributed by atoms with Crippen molar-refractivity contribution in [3.05, 3.63) is 48.2 Å². The molecule has 0 bridgehead atoms. The van der Waals surface area contributed by atoms with Crippen LogP contribution in [0.4, 0.5) is 0 Å². The van der Waals surface area contributed by atoms with Gasteiger partial charge in [-0.25, -0.2) is 13.4 Å². The van der Waals surface area contributed by atoms with Crippen LogP contribution in [0.2, 0.25) is 0 Å². The molecule has 2 aromatic rings. The fraction of sp³-hybridized carbons (Fsp3) is 0.267. The molecule has 2 rings (SSSR count). The SMILES string of the molecule is CC(C)c1ccc(Oc2ccccc2S(C)(=O)=O)nc1. The van der Waals surface area contributed by atoms with Gasteiger partial charge in [-0.2, -0.15) is 0 Å². The minimum absolute atomic E-state index is 0.162. The molecule has 0 spiro atoms. The van der Waals surface area contributed by atoms with E-state index in [0.717, 1.165) is 11.8 Å². The molecular formula is C15H17NO3S. The van der Waals surface area contributed by atoms with Crippen molar-refractivity contribution in [1.82, 2.24) is 4.98 Å². The molecular weight excluding hydrogens is 274 g/mol. The monoisotopic (exact) mass is 291 g/mol. The minimum Gasteiger partial charge on any atom is -0.438 e. The Morgan fingerprint density at radius 1 is 1.10 bits per heavy atom. The van der Waals surface area contributed by atoms with Gasteiger partial charge >= 0.3 is 0 Å². The summed E-state index contributed by atoms with van der Waals surface area (Å²) in [5.74, 6) is 1.06. The van der Waals surface area contributed by atoms with E-state index in [2.05, 4.69) is 18.8 Å². The molecule has 106 valence electrons. The highest BCUT2D eigenvalue weighted by Gasteiger charge is 2.14. The molecule has 0 aliphatic rings. The van der Waals surface area contributed by atoms with Crippen LogP contribution in [0.3, 0.4) is 0 Å². The van der Waals surface area contributed by atoms with Crippen LogP contribution in [0.15, 0.2) is 47.5 Å². The largest absolute Gasteiger partial charge is 0.438 e. The van der Waals surface area contributed by atoms with Gasteiger partial charge in [0.15, 0.2) is 9.84 Å². The second-order valence-corrected chi connectivity index (χ2v) is 6.89. The third-order valence-corrected chi connectivity index (χ3v) is 4.03. The van der Waals surface area contributed by atoms with Gasteiger partial charge in [-0.3, -0.25) is 0 Å².